The number of carbonyl (C=O) groups is 3. The van der Waals surface area contributed by atoms with Gasteiger partial charge in [-0.1, -0.05) is 0 Å². The van der Waals surface area contributed by atoms with Crippen LogP contribution in [0, 0.1) is 0 Å². The summed E-state index contributed by atoms with van der Waals surface area (Å²) in [6.45, 7) is 1.65. The molecule has 13 heavy (non-hydrogen) atoms. The first kappa shape index (κ1) is 9.50. The summed E-state index contributed by atoms with van der Waals surface area (Å²) in [6.07, 6.45) is 0.00583. The minimum Gasteiger partial charge on any atom is -0.370 e. The van der Waals surface area contributed by atoms with E-state index in [2.05, 4.69) is 5.32 Å². The summed E-state index contributed by atoms with van der Waals surface area (Å²) in [5.41, 5.74) is 4.89. The fraction of sp³-hybridized carbons (Fsp3) is 0.571. The van der Waals surface area contributed by atoms with Crippen LogP contribution in [0.25, 0.3) is 0 Å². The van der Waals surface area contributed by atoms with E-state index in [4.69, 9.17) is 5.73 Å². The summed E-state index contributed by atoms with van der Waals surface area (Å²) in [6, 6.07) is -0.959. The maximum Gasteiger partial charge on any atom is 0.324 e. The van der Waals surface area contributed by atoms with Crippen LogP contribution in [-0.2, 0) is 9.59 Å². The van der Waals surface area contributed by atoms with E-state index in [1.165, 1.54) is 0 Å². The van der Waals surface area contributed by atoms with Crippen LogP contribution in [-0.4, -0.2) is 35.3 Å². The fourth-order valence-corrected chi connectivity index (χ4v) is 1.09. The van der Waals surface area contributed by atoms with Crippen LogP contribution in [0.15, 0.2) is 0 Å². The Morgan fingerprint density at radius 2 is 2.23 bits per heavy atom. The minimum absolute atomic E-state index is 0.00583. The average molecular weight is 185 g/mol. The number of rotatable bonds is 3. The highest BCUT2D eigenvalue weighted by molar-refractivity contribution is 6.04. The molecule has 0 aromatic rings. The van der Waals surface area contributed by atoms with Gasteiger partial charge in [-0.25, -0.2) is 4.79 Å². The highest BCUT2D eigenvalue weighted by atomic mass is 16.2. The number of amides is 4. The summed E-state index contributed by atoms with van der Waals surface area (Å²) in [5, 5.41) is 2.43. The summed E-state index contributed by atoms with van der Waals surface area (Å²) in [7, 11) is 0. The number of nitrogens with two attached hydrogens (primary N) is 1. The Morgan fingerprint density at radius 1 is 1.62 bits per heavy atom. The van der Waals surface area contributed by atoms with Gasteiger partial charge in [-0.15, -0.1) is 0 Å². The summed E-state index contributed by atoms with van der Waals surface area (Å²) >= 11 is 0. The SMILES string of the molecule is C[C@H]1NC(=O)N(CCC(N)=O)C1=O. The topological polar surface area (TPSA) is 92.5 Å². The molecule has 1 fully saturated rings. The molecule has 1 saturated heterocycles. The van der Waals surface area contributed by atoms with Crippen molar-refractivity contribution >= 4 is 17.8 Å². The van der Waals surface area contributed by atoms with Crippen LogP contribution >= 0.6 is 0 Å². The van der Waals surface area contributed by atoms with Crippen LogP contribution in [0.3, 0.4) is 0 Å². The molecule has 72 valence electrons. The second kappa shape index (κ2) is 3.42. The lowest BCUT2D eigenvalue weighted by Crippen LogP contribution is -2.34. The molecule has 0 aromatic carbocycles. The van der Waals surface area contributed by atoms with Crippen LogP contribution in [0.2, 0.25) is 0 Å². The molecule has 1 aliphatic heterocycles. The number of hydrogen-bond donors (Lipinski definition) is 2. The van der Waals surface area contributed by atoms with Crippen molar-refractivity contribution in [1.82, 2.24) is 10.2 Å². The van der Waals surface area contributed by atoms with Gasteiger partial charge in [-0.2, -0.15) is 0 Å². The van der Waals surface area contributed by atoms with E-state index in [1.54, 1.807) is 6.92 Å². The quantitative estimate of drug-likeness (QED) is 0.541. The Labute approximate surface area is 75.1 Å². The number of nitrogens with zero attached hydrogens (tertiary/aromatic N) is 1. The minimum atomic E-state index is -0.528. The standard InChI is InChI=1S/C7H11N3O3/c1-4-6(12)10(7(13)9-4)3-2-5(8)11/h4H,2-3H2,1H3,(H2,8,11)(H,9,13)/t4-/m1/s1. The molecule has 6 nitrogen and oxygen atoms in total. The van der Waals surface area contributed by atoms with Crippen LogP contribution in [0.4, 0.5) is 4.79 Å². The Kier molecular flexibility index (Phi) is 2.50. The summed E-state index contributed by atoms with van der Waals surface area (Å²) < 4.78 is 0. The predicted molar refractivity (Wildman–Crippen MR) is 43.5 cm³/mol. The Bertz CT molecular complexity index is 264. The Morgan fingerprint density at radius 3 is 2.62 bits per heavy atom. The van der Waals surface area contributed by atoms with Crippen molar-refractivity contribution in [3.63, 3.8) is 0 Å². The number of imide groups is 1. The number of urea groups is 1. The number of hydrogen-bond acceptors (Lipinski definition) is 3. The zero-order valence-electron chi connectivity index (χ0n) is 7.24. The first-order chi connectivity index (χ1) is 6.02. The molecular weight excluding hydrogens is 174 g/mol. The molecule has 0 bridgehead atoms. The number of carbonyl (C=O) groups excluding carboxylic acids is 3. The summed E-state index contributed by atoms with van der Waals surface area (Å²) in [4.78, 5) is 33.7. The fourth-order valence-electron chi connectivity index (χ4n) is 1.09. The predicted octanol–water partition coefficient (Wildman–Crippen LogP) is -1.20. The molecule has 0 saturated carbocycles. The zero-order valence-corrected chi connectivity index (χ0v) is 7.24. The van der Waals surface area contributed by atoms with E-state index in [0.717, 1.165) is 4.90 Å². The maximum absolute atomic E-state index is 11.2. The zero-order chi connectivity index (χ0) is 10.0. The third-order valence-corrected chi connectivity index (χ3v) is 1.80. The molecule has 3 N–H and O–H groups in total. The molecule has 6 heteroatoms. The van der Waals surface area contributed by atoms with Gasteiger partial charge in [0.2, 0.25) is 5.91 Å². The lowest BCUT2D eigenvalue weighted by atomic mass is 10.3. The van der Waals surface area contributed by atoms with Gasteiger partial charge in [0.15, 0.2) is 0 Å². The average Bonchev–Trinajstić information content (AvgIpc) is 2.24. The second-order valence-corrected chi connectivity index (χ2v) is 2.88. The van der Waals surface area contributed by atoms with Gasteiger partial charge in [-0.3, -0.25) is 14.5 Å². The maximum atomic E-state index is 11.2. The highest BCUT2D eigenvalue weighted by Gasteiger charge is 2.34. The first-order valence-corrected chi connectivity index (χ1v) is 3.92. The van der Waals surface area contributed by atoms with Gasteiger partial charge in [0.05, 0.1) is 0 Å². The van der Waals surface area contributed by atoms with Gasteiger partial charge in [-0.05, 0) is 6.92 Å². The molecule has 4 amide bonds. The van der Waals surface area contributed by atoms with Crippen LogP contribution in [0.5, 0.6) is 0 Å². The van der Waals surface area contributed by atoms with Gasteiger partial charge in [0, 0.05) is 13.0 Å². The molecule has 1 rings (SSSR count). The number of primary amides is 1. The molecule has 0 aliphatic carbocycles. The lowest BCUT2D eigenvalue weighted by Gasteiger charge is -2.10. The van der Waals surface area contributed by atoms with E-state index in [-0.39, 0.29) is 18.9 Å². The molecule has 0 aromatic heterocycles. The molecule has 0 spiro atoms. The van der Waals surface area contributed by atoms with Crippen molar-refractivity contribution in [1.29, 1.82) is 0 Å². The van der Waals surface area contributed by atoms with Crippen molar-refractivity contribution < 1.29 is 14.4 Å². The van der Waals surface area contributed by atoms with Gasteiger partial charge in [0.25, 0.3) is 5.91 Å². The van der Waals surface area contributed by atoms with Crippen molar-refractivity contribution in [2.24, 2.45) is 5.73 Å². The molecule has 0 unspecified atom stereocenters. The summed E-state index contributed by atoms with van der Waals surface area (Å²) in [5.74, 6) is -0.841. The van der Waals surface area contributed by atoms with E-state index in [9.17, 15) is 14.4 Å². The van der Waals surface area contributed by atoms with Crippen molar-refractivity contribution in [3.8, 4) is 0 Å². The monoisotopic (exact) mass is 185 g/mol. The normalized spacial score (nSPS) is 21.9. The van der Waals surface area contributed by atoms with E-state index >= 15 is 0 Å². The third kappa shape index (κ3) is 1.95. The van der Waals surface area contributed by atoms with Crippen LogP contribution in [0.1, 0.15) is 13.3 Å². The Hall–Kier alpha value is -1.59. The molecular formula is C7H11N3O3. The largest absolute Gasteiger partial charge is 0.370 e. The van der Waals surface area contributed by atoms with Crippen molar-refractivity contribution in [2.45, 2.75) is 19.4 Å². The van der Waals surface area contributed by atoms with E-state index in [0.29, 0.717) is 0 Å². The van der Waals surface area contributed by atoms with Crippen molar-refractivity contribution in [2.75, 3.05) is 6.54 Å². The smallest absolute Gasteiger partial charge is 0.324 e. The Balaban J connectivity index is 2.54. The number of nitrogens with one attached hydrogen (secondary N) is 1. The van der Waals surface area contributed by atoms with Gasteiger partial charge < -0.3 is 11.1 Å². The highest BCUT2D eigenvalue weighted by Crippen LogP contribution is 2.05. The van der Waals surface area contributed by atoms with E-state index in [1.807, 2.05) is 0 Å². The first-order valence-electron chi connectivity index (χ1n) is 3.92. The molecule has 1 atom stereocenters. The van der Waals surface area contributed by atoms with Gasteiger partial charge in [0.1, 0.15) is 6.04 Å². The van der Waals surface area contributed by atoms with Crippen molar-refractivity contribution in [3.05, 3.63) is 0 Å². The van der Waals surface area contributed by atoms with Gasteiger partial charge >= 0.3 is 6.03 Å². The van der Waals surface area contributed by atoms with E-state index < -0.39 is 18.0 Å². The molecule has 1 aliphatic rings. The molecule has 1 heterocycles. The van der Waals surface area contributed by atoms with Crippen LogP contribution < -0.4 is 11.1 Å². The third-order valence-electron chi connectivity index (χ3n) is 1.80. The molecule has 0 radical (unpaired) electrons. The lowest BCUT2D eigenvalue weighted by molar-refractivity contribution is -0.127. The second-order valence-electron chi connectivity index (χ2n) is 2.88.